The summed E-state index contributed by atoms with van der Waals surface area (Å²) in [6.45, 7) is 0. The topological polar surface area (TPSA) is 33.2 Å². The number of thioether (sulfide) groups is 1. The third-order valence-corrected chi connectivity index (χ3v) is 5.06. The molecule has 128 valence electrons. The smallest absolute Gasteiger partial charge is 0.227 e. The van der Waals surface area contributed by atoms with Gasteiger partial charge in [-0.2, -0.15) is 0 Å². The molecule has 0 atom stereocenters. The SMILES string of the molecule is CN(C(=O)CCCSc1ccc(F)cc1)c1nccc2ccccc12. The number of halogens is 1. The lowest BCUT2D eigenvalue weighted by molar-refractivity contribution is -0.118. The van der Waals surface area contributed by atoms with Gasteiger partial charge in [0.2, 0.25) is 5.91 Å². The van der Waals surface area contributed by atoms with E-state index >= 15 is 0 Å². The molecule has 25 heavy (non-hydrogen) atoms. The molecule has 0 radical (unpaired) electrons. The molecule has 3 rings (SSSR count). The first kappa shape index (κ1) is 17.4. The van der Waals surface area contributed by atoms with Crippen LogP contribution in [0.3, 0.4) is 0 Å². The molecule has 0 fully saturated rings. The Morgan fingerprint density at radius 1 is 1.12 bits per heavy atom. The molecule has 1 heterocycles. The maximum Gasteiger partial charge on any atom is 0.227 e. The first-order chi connectivity index (χ1) is 12.1. The number of hydrogen-bond acceptors (Lipinski definition) is 3. The minimum absolute atomic E-state index is 0.0450. The Bertz CT molecular complexity index is 862. The second kappa shape index (κ2) is 8.12. The van der Waals surface area contributed by atoms with E-state index in [9.17, 15) is 9.18 Å². The van der Waals surface area contributed by atoms with Crippen molar-refractivity contribution in [2.24, 2.45) is 0 Å². The monoisotopic (exact) mass is 354 g/mol. The van der Waals surface area contributed by atoms with Crippen LogP contribution >= 0.6 is 11.8 Å². The number of pyridine rings is 1. The molecule has 0 aliphatic heterocycles. The van der Waals surface area contributed by atoms with Crippen LogP contribution in [0.4, 0.5) is 10.2 Å². The van der Waals surface area contributed by atoms with E-state index in [4.69, 9.17) is 0 Å². The lowest BCUT2D eigenvalue weighted by Crippen LogP contribution is -2.27. The number of aromatic nitrogens is 1. The number of rotatable bonds is 6. The quantitative estimate of drug-likeness (QED) is 0.466. The second-order valence-corrected chi connectivity index (χ2v) is 6.88. The van der Waals surface area contributed by atoms with E-state index in [1.807, 2.05) is 30.3 Å². The van der Waals surface area contributed by atoms with E-state index in [-0.39, 0.29) is 11.7 Å². The predicted molar refractivity (Wildman–Crippen MR) is 102 cm³/mol. The molecule has 0 aliphatic rings. The summed E-state index contributed by atoms with van der Waals surface area (Å²) in [6, 6.07) is 16.3. The maximum absolute atomic E-state index is 12.9. The van der Waals surface area contributed by atoms with E-state index in [2.05, 4.69) is 4.98 Å². The zero-order valence-corrected chi connectivity index (χ0v) is 14.8. The van der Waals surface area contributed by atoms with E-state index in [1.54, 1.807) is 42.0 Å². The summed E-state index contributed by atoms with van der Waals surface area (Å²) in [5.74, 6) is 1.32. The predicted octanol–water partition coefficient (Wildman–Crippen LogP) is 4.91. The standard InChI is InChI=1S/C20H19FN2OS/c1-23(20-18-6-3-2-5-15(18)12-13-22-20)19(24)7-4-14-25-17-10-8-16(21)9-11-17/h2-3,5-6,8-13H,4,7,14H2,1H3. The molecule has 0 unspecified atom stereocenters. The van der Waals surface area contributed by atoms with Crippen molar-refractivity contribution in [2.75, 3.05) is 17.7 Å². The van der Waals surface area contributed by atoms with Crippen LogP contribution in [0.25, 0.3) is 10.8 Å². The molecular formula is C20H19FN2OS. The molecule has 0 spiro atoms. The number of benzene rings is 2. The molecule has 5 heteroatoms. The van der Waals surface area contributed by atoms with Gasteiger partial charge in [-0.1, -0.05) is 24.3 Å². The van der Waals surface area contributed by atoms with Crippen molar-refractivity contribution in [3.8, 4) is 0 Å². The maximum atomic E-state index is 12.9. The van der Waals surface area contributed by atoms with Gasteiger partial charge in [-0.3, -0.25) is 9.69 Å². The molecule has 1 amide bonds. The van der Waals surface area contributed by atoms with Gasteiger partial charge in [0, 0.05) is 29.9 Å². The highest BCUT2D eigenvalue weighted by atomic mass is 32.2. The van der Waals surface area contributed by atoms with Crippen molar-refractivity contribution in [2.45, 2.75) is 17.7 Å². The third kappa shape index (κ3) is 4.37. The number of carbonyl (C=O) groups is 1. The number of amides is 1. The fourth-order valence-corrected chi connectivity index (χ4v) is 3.45. The Labute approximate surface area is 150 Å². The average Bonchev–Trinajstić information content (AvgIpc) is 2.65. The number of fused-ring (bicyclic) bond motifs is 1. The van der Waals surface area contributed by atoms with Gasteiger partial charge in [0.25, 0.3) is 0 Å². The van der Waals surface area contributed by atoms with Crippen LogP contribution in [0.1, 0.15) is 12.8 Å². The summed E-state index contributed by atoms with van der Waals surface area (Å²) in [5.41, 5.74) is 0. The van der Waals surface area contributed by atoms with Gasteiger partial charge in [0.1, 0.15) is 11.6 Å². The van der Waals surface area contributed by atoms with Gasteiger partial charge < -0.3 is 0 Å². The van der Waals surface area contributed by atoms with Crippen LogP contribution in [0.15, 0.2) is 65.7 Å². The van der Waals surface area contributed by atoms with Crippen LogP contribution in [-0.4, -0.2) is 23.7 Å². The highest BCUT2D eigenvalue weighted by molar-refractivity contribution is 7.99. The zero-order chi connectivity index (χ0) is 17.6. The van der Waals surface area contributed by atoms with Crippen LogP contribution in [-0.2, 0) is 4.79 Å². The Morgan fingerprint density at radius 2 is 1.88 bits per heavy atom. The molecule has 0 saturated heterocycles. The minimum Gasteiger partial charge on any atom is -0.299 e. The molecule has 1 aromatic heterocycles. The van der Waals surface area contributed by atoms with Crippen molar-refractivity contribution < 1.29 is 9.18 Å². The summed E-state index contributed by atoms with van der Waals surface area (Å²) in [5, 5.41) is 2.04. The lowest BCUT2D eigenvalue weighted by Gasteiger charge is -2.18. The van der Waals surface area contributed by atoms with Crippen molar-refractivity contribution in [3.63, 3.8) is 0 Å². The first-order valence-corrected chi connectivity index (χ1v) is 9.12. The minimum atomic E-state index is -0.233. The van der Waals surface area contributed by atoms with E-state index in [1.165, 1.54) is 12.1 Å². The van der Waals surface area contributed by atoms with Crippen molar-refractivity contribution in [3.05, 3.63) is 66.6 Å². The number of anilines is 1. The highest BCUT2D eigenvalue weighted by Crippen LogP contribution is 2.24. The molecule has 2 aromatic carbocycles. The van der Waals surface area contributed by atoms with Gasteiger partial charge >= 0.3 is 0 Å². The van der Waals surface area contributed by atoms with Gasteiger partial charge in [-0.15, -0.1) is 11.8 Å². The largest absolute Gasteiger partial charge is 0.299 e. The zero-order valence-electron chi connectivity index (χ0n) is 14.0. The summed E-state index contributed by atoms with van der Waals surface area (Å²) in [6.07, 6.45) is 2.94. The Kier molecular flexibility index (Phi) is 5.66. The third-order valence-electron chi connectivity index (χ3n) is 3.96. The first-order valence-electron chi connectivity index (χ1n) is 8.14. The van der Waals surface area contributed by atoms with Gasteiger partial charge in [0.05, 0.1) is 0 Å². The van der Waals surface area contributed by atoms with Gasteiger partial charge in [-0.25, -0.2) is 9.37 Å². The summed E-state index contributed by atoms with van der Waals surface area (Å²) in [7, 11) is 1.77. The molecule has 3 aromatic rings. The van der Waals surface area contributed by atoms with Gasteiger partial charge in [-0.05, 0) is 47.9 Å². The molecule has 0 N–H and O–H groups in total. The van der Waals surface area contributed by atoms with E-state index < -0.39 is 0 Å². The Balaban J connectivity index is 1.56. The second-order valence-electron chi connectivity index (χ2n) is 5.71. The molecule has 3 nitrogen and oxygen atoms in total. The Hall–Kier alpha value is -2.40. The van der Waals surface area contributed by atoms with Crippen molar-refractivity contribution in [1.82, 2.24) is 4.98 Å². The van der Waals surface area contributed by atoms with Crippen molar-refractivity contribution in [1.29, 1.82) is 0 Å². The van der Waals surface area contributed by atoms with E-state index in [0.717, 1.165) is 27.8 Å². The summed E-state index contributed by atoms with van der Waals surface area (Å²) in [4.78, 5) is 19.5. The van der Waals surface area contributed by atoms with Gasteiger partial charge in [0.15, 0.2) is 0 Å². The fraction of sp³-hybridized carbons (Fsp3) is 0.200. The number of hydrogen-bond donors (Lipinski definition) is 0. The number of carbonyl (C=O) groups excluding carboxylic acids is 1. The van der Waals surface area contributed by atoms with Crippen LogP contribution in [0.2, 0.25) is 0 Å². The summed E-state index contributed by atoms with van der Waals surface area (Å²) < 4.78 is 12.9. The highest BCUT2D eigenvalue weighted by Gasteiger charge is 2.14. The molecular weight excluding hydrogens is 335 g/mol. The van der Waals surface area contributed by atoms with Crippen LogP contribution in [0.5, 0.6) is 0 Å². The number of nitrogens with zero attached hydrogens (tertiary/aromatic N) is 2. The molecule has 0 bridgehead atoms. The molecule has 0 aliphatic carbocycles. The molecule has 0 saturated carbocycles. The Morgan fingerprint density at radius 3 is 2.68 bits per heavy atom. The normalized spacial score (nSPS) is 10.8. The van der Waals surface area contributed by atoms with E-state index in [0.29, 0.717) is 12.2 Å². The van der Waals surface area contributed by atoms with Crippen LogP contribution in [0, 0.1) is 5.82 Å². The summed E-state index contributed by atoms with van der Waals surface area (Å²) >= 11 is 1.63. The van der Waals surface area contributed by atoms with Crippen molar-refractivity contribution >= 4 is 34.3 Å². The lowest BCUT2D eigenvalue weighted by atomic mass is 10.1. The van der Waals surface area contributed by atoms with Crippen LogP contribution < -0.4 is 4.90 Å². The average molecular weight is 354 g/mol. The fourth-order valence-electron chi connectivity index (χ4n) is 2.60.